The number of halogens is 1. The molecule has 4 N–H and O–H groups in total. The number of carbonyl (C=O) groups is 2. The molecule has 0 saturated carbocycles. The van der Waals surface area contributed by atoms with Crippen molar-refractivity contribution in [3.8, 4) is 0 Å². The van der Waals surface area contributed by atoms with Crippen LogP contribution in [0.3, 0.4) is 0 Å². The van der Waals surface area contributed by atoms with Gasteiger partial charge in [0, 0.05) is 0 Å². The average molecular weight is 213 g/mol. The Labute approximate surface area is 81.8 Å². The number of aliphatic hydroxyl groups is 1. The Morgan fingerprint density at radius 1 is 1.46 bits per heavy atom. The van der Waals surface area contributed by atoms with Crippen LogP contribution >= 0.6 is 12.4 Å². The van der Waals surface area contributed by atoms with Crippen LogP contribution in [-0.4, -0.2) is 43.3 Å². The number of carbonyl (C=O) groups excluding carboxylic acids is 2. The van der Waals surface area contributed by atoms with Crippen molar-refractivity contribution in [1.82, 2.24) is 5.32 Å². The molecule has 0 aromatic carbocycles. The van der Waals surface area contributed by atoms with E-state index >= 15 is 0 Å². The van der Waals surface area contributed by atoms with Crippen LogP contribution < -0.4 is 11.1 Å². The fourth-order valence-electron chi connectivity index (χ4n) is 0.453. The van der Waals surface area contributed by atoms with Crippen LogP contribution in [0.25, 0.3) is 0 Å². The highest BCUT2D eigenvalue weighted by atomic mass is 35.5. The molecule has 0 aliphatic carbocycles. The first-order valence-electron chi connectivity index (χ1n) is 3.44. The molecule has 1 amide bonds. The van der Waals surface area contributed by atoms with Crippen molar-refractivity contribution < 1.29 is 19.4 Å². The van der Waals surface area contributed by atoms with E-state index < -0.39 is 11.9 Å². The van der Waals surface area contributed by atoms with Gasteiger partial charge in [-0.25, -0.2) is 0 Å². The van der Waals surface area contributed by atoms with Crippen molar-refractivity contribution in [2.45, 2.75) is 0 Å². The molecule has 0 radical (unpaired) electrons. The van der Waals surface area contributed by atoms with E-state index in [1.165, 1.54) is 0 Å². The number of amides is 1. The van der Waals surface area contributed by atoms with Crippen LogP contribution in [0.2, 0.25) is 0 Å². The zero-order valence-electron chi connectivity index (χ0n) is 6.99. The van der Waals surface area contributed by atoms with E-state index in [2.05, 4.69) is 10.1 Å². The van der Waals surface area contributed by atoms with Gasteiger partial charge in [-0.2, -0.15) is 0 Å². The molecule has 0 aliphatic heterocycles. The predicted molar refractivity (Wildman–Crippen MR) is 47.4 cm³/mol. The third kappa shape index (κ3) is 9.06. The third-order valence-corrected chi connectivity index (χ3v) is 0.970. The number of rotatable bonds is 5. The van der Waals surface area contributed by atoms with E-state index in [1.54, 1.807) is 0 Å². The summed E-state index contributed by atoms with van der Waals surface area (Å²) in [5.74, 6) is -1.01. The van der Waals surface area contributed by atoms with Crippen molar-refractivity contribution in [2.24, 2.45) is 5.73 Å². The van der Waals surface area contributed by atoms with Gasteiger partial charge in [0.05, 0.1) is 13.2 Å². The first-order chi connectivity index (χ1) is 5.70. The summed E-state index contributed by atoms with van der Waals surface area (Å²) in [5.41, 5.74) is 4.95. The molecular formula is C6H13ClN2O4. The molecule has 0 fully saturated rings. The molecule has 0 aliphatic rings. The summed E-state index contributed by atoms with van der Waals surface area (Å²) < 4.78 is 4.44. The first-order valence-corrected chi connectivity index (χ1v) is 3.44. The fourth-order valence-corrected chi connectivity index (χ4v) is 0.453. The Balaban J connectivity index is 0. The minimum Gasteiger partial charge on any atom is -0.462 e. The van der Waals surface area contributed by atoms with Crippen molar-refractivity contribution in [3.63, 3.8) is 0 Å². The lowest BCUT2D eigenvalue weighted by Crippen LogP contribution is -2.35. The number of nitrogens with one attached hydrogen (secondary N) is 1. The van der Waals surface area contributed by atoms with E-state index in [0.717, 1.165) is 0 Å². The van der Waals surface area contributed by atoms with Gasteiger partial charge in [0.25, 0.3) is 0 Å². The maximum atomic E-state index is 10.6. The van der Waals surface area contributed by atoms with Crippen molar-refractivity contribution in [2.75, 3.05) is 26.3 Å². The highest BCUT2D eigenvalue weighted by molar-refractivity contribution is 5.85. The maximum Gasteiger partial charge on any atom is 0.325 e. The Kier molecular flexibility index (Phi) is 10.4. The van der Waals surface area contributed by atoms with Crippen molar-refractivity contribution in [1.29, 1.82) is 0 Å². The van der Waals surface area contributed by atoms with E-state index in [4.69, 9.17) is 10.8 Å². The van der Waals surface area contributed by atoms with Crippen molar-refractivity contribution >= 4 is 24.3 Å². The normalized spacial score (nSPS) is 8.46. The molecule has 7 heteroatoms. The fraction of sp³-hybridized carbons (Fsp3) is 0.667. The number of hydrogen-bond acceptors (Lipinski definition) is 5. The van der Waals surface area contributed by atoms with Gasteiger partial charge in [-0.15, -0.1) is 12.4 Å². The van der Waals surface area contributed by atoms with Crippen molar-refractivity contribution in [3.05, 3.63) is 0 Å². The molecule has 0 saturated heterocycles. The molecule has 0 spiro atoms. The summed E-state index contributed by atoms with van der Waals surface area (Å²) in [7, 11) is 0. The smallest absolute Gasteiger partial charge is 0.325 e. The molecule has 13 heavy (non-hydrogen) atoms. The topological polar surface area (TPSA) is 102 Å². The van der Waals surface area contributed by atoms with Crippen LogP contribution in [0, 0.1) is 0 Å². The average Bonchev–Trinajstić information content (AvgIpc) is 2.10. The van der Waals surface area contributed by atoms with E-state index in [1.807, 2.05) is 0 Å². The summed E-state index contributed by atoms with van der Waals surface area (Å²) >= 11 is 0. The molecule has 0 unspecified atom stereocenters. The summed E-state index contributed by atoms with van der Waals surface area (Å²) in [6.07, 6.45) is 0. The number of aliphatic hydroxyl groups excluding tert-OH is 1. The van der Waals surface area contributed by atoms with Crippen LogP contribution in [0.4, 0.5) is 0 Å². The van der Waals surface area contributed by atoms with Gasteiger partial charge in [0.2, 0.25) is 5.91 Å². The lowest BCUT2D eigenvalue weighted by molar-refractivity contribution is -0.144. The molecule has 78 valence electrons. The SMILES string of the molecule is Cl.NCC(=O)NCC(=O)OCCO. The first kappa shape index (κ1) is 14.7. The number of esters is 1. The maximum absolute atomic E-state index is 10.6. The van der Waals surface area contributed by atoms with Gasteiger partial charge in [-0.05, 0) is 0 Å². The van der Waals surface area contributed by atoms with Crippen LogP contribution in [-0.2, 0) is 14.3 Å². The largest absolute Gasteiger partial charge is 0.462 e. The number of hydrogen-bond donors (Lipinski definition) is 3. The number of ether oxygens (including phenoxy) is 1. The Bertz CT molecular complexity index is 165. The van der Waals surface area contributed by atoms with Crippen LogP contribution in [0.1, 0.15) is 0 Å². The van der Waals surface area contributed by atoms with E-state index in [-0.39, 0.29) is 38.7 Å². The Morgan fingerprint density at radius 3 is 2.54 bits per heavy atom. The van der Waals surface area contributed by atoms with Gasteiger partial charge in [-0.1, -0.05) is 0 Å². The molecule has 0 bridgehead atoms. The summed E-state index contributed by atoms with van der Waals surface area (Å²) in [4.78, 5) is 21.1. The molecule has 0 rings (SSSR count). The predicted octanol–water partition coefficient (Wildman–Crippen LogP) is -1.98. The van der Waals surface area contributed by atoms with E-state index in [0.29, 0.717) is 0 Å². The molecule has 0 aromatic rings. The monoisotopic (exact) mass is 212 g/mol. The second kappa shape index (κ2) is 9.24. The standard InChI is InChI=1S/C6H12N2O4.ClH/c7-3-5(10)8-4-6(11)12-2-1-9;/h9H,1-4,7H2,(H,8,10);1H. The quantitative estimate of drug-likeness (QED) is 0.459. The second-order valence-corrected chi connectivity index (χ2v) is 1.92. The summed E-state index contributed by atoms with van der Waals surface area (Å²) in [6, 6.07) is 0. The lowest BCUT2D eigenvalue weighted by atomic mass is 10.5. The Hall–Kier alpha value is -0.850. The molecule has 6 nitrogen and oxygen atoms in total. The van der Waals surface area contributed by atoms with Crippen LogP contribution in [0.5, 0.6) is 0 Å². The summed E-state index contributed by atoms with van der Waals surface area (Å²) in [6.45, 7) is -0.656. The highest BCUT2D eigenvalue weighted by Crippen LogP contribution is 1.75. The van der Waals surface area contributed by atoms with Gasteiger partial charge in [-0.3, -0.25) is 9.59 Å². The minimum atomic E-state index is -0.592. The summed E-state index contributed by atoms with van der Waals surface area (Å²) in [5, 5.41) is 10.5. The van der Waals surface area contributed by atoms with Gasteiger partial charge in [0.15, 0.2) is 0 Å². The highest BCUT2D eigenvalue weighted by Gasteiger charge is 2.03. The van der Waals surface area contributed by atoms with Gasteiger partial charge >= 0.3 is 5.97 Å². The second-order valence-electron chi connectivity index (χ2n) is 1.92. The molecule has 0 aromatic heterocycles. The third-order valence-electron chi connectivity index (χ3n) is 0.970. The zero-order valence-corrected chi connectivity index (χ0v) is 7.80. The molecule has 0 atom stereocenters. The van der Waals surface area contributed by atoms with Gasteiger partial charge in [0.1, 0.15) is 13.2 Å². The number of nitrogens with two attached hydrogens (primary N) is 1. The minimum absolute atomic E-state index is 0. The van der Waals surface area contributed by atoms with Gasteiger partial charge < -0.3 is 20.9 Å². The zero-order chi connectivity index (χ0) is 9.40. The molecular weight excluding hydrogens is 200 g/mol. The van der Waals surface area contributed by atoms with Crippen LogP contribution in [0.15, 0.2) is 0 Å². The van der Waals surface area contributed by atoms with E-state index in [9.17, 15) is 9.59 Å². The lowest BCUT2D eigenvalue weighted by Gasteiger charge is -2.03. The Morgan fingerprint density at radius 2 is 2.08 bits per heavy atom. The molecule has 0 heterocycles.